The van der Waals surface area contributed by atoms with Crippen molar-refractivity contribution in [2.24, 2.45) is 0 Å². The zero-order valence-electron chi connectivity index (χ0n) is 13.8. The molecule has 0 spiro atoms. The smallest absolute Gasteiger partial charge is 0.135 e. The van der Waals surface area contributed by atoms with Crippen LogP contribution < -0.4 is 9.47 Å². The van der Waals surface area contributed by atoms with E-state index in [1.165, 1.54) is 0 Å². The maximum absolute atomic E-state index is 6.00. The molecule has 3 heteroatoms. The Labute approximate surface area is 156 Å². The molecule has 0 aliphatic carbocycles. The highest BCUT2D eigenvalue weighted by Gasteiger charge is 2.05. The summed E-state index contributed by atoms with van der Waals surface area (Å²) in [4.78, 5) is 0. The van der Waals surface area contributed by atoms with Gasteiger partial charge in [-0.2, -0.15) is 0 Å². The monoisotopic (exact) mass is 392 g/mol. The summed E-state index contributed by atoms with van der Waals surface area (Å²) in [6.07, 6.45) is 0. The molecule has 3 rings (SSSR count). The topological polar surface area (TPSA) is 18.5 Å². The number of benzene rings is 3. The van der Waals surface area contributed by atoms with Gasteiger partial charge in [0, 0.05) is 15.6 Å². The third-order valence-electron chi connectivity index (χ3n) is 3.64. The average Bonchev–Trinajstić information content (AvgIpc) is 2.67. The fourth-order valence-corrected chi connectivity index (χ4v) is 2.66. The van der Waals surface area contributed by atoms with Crippen molar-refractivity contribution in [3.63, 3.8) is 0 Å². The minimum atomic E-state index is 0.432. The molecule has 0 aromatic heterocycles. The van der Waals surface area contributed by atoms with Gasteiger partial charge in [-0.15, -0.1) is 0 Å². The number of halogens is 1. The first-order valence-corrected chi connectivity index (χ1v) is 8.67. The van der Waals surface area contributed by atoms with Crippen molar-refractivity contribution >= 4 is 15.9 Å². The van der Waals surface area contributed by atoms with Crippen LogP contribution in [0.4, 0.5) is 0 Å². The third kappa shape index (κ3) is 4.65. The summed E-state index contributed by atoms with van der Waals surface area (Å²) in [5.74, 6) is 7.93. The Kier molecular flexibility index (Phi) is 5.77. The minimum absolute atomic E-state index is 0.432. The predicted octanol–water partition coefficient (Wildman–Crippen LogP) is 5.44. The third-order valence-corrected chi connectivity index (χ3v) is 4.41. The second-order valence-corrected chi connectivity index (χ2v) is 6.21. The zero-order chi connectivity index (χ0) is 17.5. The lowest BCUT2D eigenvalue weighted by Gasteiger charge is -2.11. The van der Waals surface area contributed by atoms with E-state index in [9.17, 15) is 0 Å². The molecule has 0 radical (unpaired) electrons. The van der Waals surface area contributed by atoms with E-state index in [1.807, 2.05) is 72.8 Å². The van der Waals surface area contributed by atoms with E-state index >= 15 is 0 Å². The van der Waals surface area contributed by atoms with E-state index < -0.39 is 0 Å². The number of hydrogen-bond donors (Lipinski definition) is 0. The summed E-state index contributed by atoms with van der Waals surface area (Å²) >= 11 is 3.55. The number of methoxy groups -OCH3 is 1. The fourth-order valence-electron chi connectivity index (χ4n) is 2.30. The van der Waals surface area contributed by atoms with Crippen molar-refractivity contribution in [2.75, 3.05) is 7.11 Å². The van der Waals surface area contributed by atoms with Gasteiger partial charge in [-0.3, -0.25) is 0 Å². The Morgan fingerprint density at radius 2 is 1.64 bits per heavy atom. The van der Waals surface area contributed by atoms with E-state index in [0.29, 0.717) is 6.61 Å². The molecule has 0 amide bonds. The molecule has 0 saturated heterocycles. The Hall–Kier alpha value is -2.70. The van der Waals surface area contributed by atoms with Crippen molar-refractivity contribution in [3.05, 3.63) is 94.0 Å². The first kappa shape index (κ1) is 17.1. The molecule has 3 aromatic rings. The molecule has 0 bridgehead atoms. The highest BCUT2D eigenvalue weighted by molar-refractivity contribution is 9.10. The van der Waals surface area contributed by atoms with Gasteiger partial charge in [0.25, 0.3) is 0 Å². The standard InChI is InChI=1S/C22H17BrO2/c1-24-20-13-14-21(23)19(15-20)16-25-22-10-6-5-9-18(22)12-11-17-7-3-2-4-8-17/h2-10,13-15H,16H2,1H3. The first-order chi connectivity index (χ1) is 12.3. The maximum atomic E-state index is 6.00. The van der Waals surface area contributed by atoms with Crippen molar-refractivity contribution in [3.8, 4) is 23.3 Å². The van der Waals surface area contributed by atoms with E-state index in [-0.39, 0.29) is 0 Å². The molecule has 25 heavy (non-hydrogen) atoms. The molecule has 2 nitrogen and oxygen atoms in total. The van der Waals surface area contributed by atoms with Gasteiger partial charge in [0.1, 0.15) is 18.1 Å². The molecule has 124 valence electrons. The molecular formula is C22H17BrO2. The summed E-state index contributed by atoms with van der Waals surface area (Å²) in [5.41, 5.74) is 2.86. The van der Waals surface area contributed by atoms with Crippen LogP contribution in [0.1, 0.15) is 16.7 Å². The van der Waals surface area contributed by atoms with Gasteiger partial charge >= 0.3 is 0 Å². The summed E-state index contributed by atoms with van der Waals surface area (Å²) in [6.45, 7) is 0.432. The van der Waals surface area contributed by atoms with Crippen LogP contribution >= 0.6 is 15.9 Å². The number of ether oxygens (including phenoxy) is 2. The summed E-state index contributed by atoms with van der Waals surface area (Å²) < 4.78 is 12.3. The van der Waals surface area contributed by atoms with Crippen LogP contribution in [-0.2, 0) is 6.61 Å². The van der Waals surface area contributed by atoms with Gasteiger partial charge in [-0.25, -0.2) is 0 Å². The lowest BCUT2D eigenvalue weighted by atomic mass is 10.1. The molecule has 3 aromatic carbocycles. The lowest BCUT2D eigenvalue weighted by Crippen LogP contribution is -1.99. The second-order valence-electron chi connectivity index (χ2n) is 5.36. The van der Waals surface area contributed by atoms with Gasteiger partial charge in [0.15, 0.2) is 0 Å². The number of rotatable bonds is 4. The Morgan fingerprint density at radius 1 is 0.880 bits per heavy atom. The van der Waals surface area contributed by atoms with Crippen LogP contribution in [0.3, 0.4) is 0 Å². The van der Waals surface area contributed by atoms with Crippen molar-refractivity contribution < 1.29 is 9.47 Å². The zero-order valence-corrected chi connectivity index (χ0v) is 15.4. The Bertz CT molecular complexity index is 908. The van der Waals surface area contributed by atoms with Gasteiger partial charge in [0.2, 0.25) is 0 Å². The second kappa shape index (κ2) is 8.41. The molecule has 0 unspecified atom stereocenters. The van der Waals surface area contributed by atoms with E-state index in [0.717, 1.165) is 32.7 Å². The van der Waals surface area contributed by atoms with Crippen LogP contribution in [0.5, 0.6) is 11.5 Å². The van der Waals surface area contributed by atoms with Crippen LogP contribution in [-0.4, -0.2) is 7.11 Å². The Balaban J connectivity index is 1.79. The number of para-hydroxylation sites is 1. The quantitative estimate of drug-likeness (QED) is 0.550. The molecular weight excluding hydrogens is 376 g/mol. The van der Waals surface area contributed by atoms with Crippen molar-refractivity contribution in [2.45, 2.75) is 6.61 Å². The molecule has 0 atom stereocenters. The van der Waals surface area contributed by atoms with Gasteiger partial charge in [0.05, 0.1) is 12.7 Å². The lowest BCUT2D eigenvalue weighted by molar-refractivity contribution is 0.303. The highest BCUT2D eigenvalue weighted by atomic mass is 79.9. The summed E-state index contributed by atoms with van der Waals surface area (Å²) in [6, 6.07) is 23.6. The van der Waals surface area contributed by atoms with Crippen LogP contribution in [0.2, 0.25) is 0 Å². The van der Waals surface area contributed by atoms with Gasteiger partial charge < -0.3 is 9.47 Å². The van der Waals surface area contributed by atoms with Crippen LogP contribution in [0.15, 0.2) is 77.3 Å². The highest BCUT2D eigenvalue weighted by Crippen LogP contribution is 2.25. The van der Waals surface area contributed by atoms with Crippen molar-refractivity contribution in [1.29, 1.82) is 0 Å². The maximum Gasteiger partial charge on any atom is 0.135 e. The number of hydrogen-bond acceptors (Lipinski definition) is 2. The Morgan fingerprint density at radius 3 is 2.44 bits per heavy atom. The normalized spacial score (nSPS) is 9.84. The van der Waals surface area contributed by atoms with Gasteiger partial charge in [-0.1, -0.05) is 58.1 Å². The van der Waals surface area contributed by atoms with Gasteiger partial charge in [-0.05, 0) is 42.5 Å². The molecule has 0 heterocycles. The molecule has 0 fully saturated rings. The van der Waals surface area contributed by atoms with Crippen molar-refractivity contribution in [1.82, 2.24) is 0 Å². The largest absolute Gasteiger partial charge is 0.497 e. The summed E-state index contributed by atoms with van der Waals surface area (Å²) in [7, 11) is 1.66. The van der Waals surface area contributed by atoms with Crippen LogP contribution in [0.25, 0.3) is 0 Å². The fraction of sp³-hybridized carbons (Fsp3) is 0.0909. The van der Waals surface area contributed by atoms with E-state index in [2.05, 4.69) is 27.8 Å². The molecule has 0 N–H and O–H groups in total. The molecule has 0 aliphatic heterocycles. The molecule has 0 saturated carbocycles. The molecule has 0 aliphatic rings. The average molecular weight is 393 g/mol. The predicted molar refractivity (Wildman–Crippen MR) is 104 cm³/mol. The minimum Gasteiger partial charge on any atom is -0.497 e. The van der Waals surface area contributed by atoms with E-state index in [1.54, 1.807) is 7.11 Å². The first-order valence-electron chi connectivity index (χ1n) is 7.87. The SMILES string of the molecule is COc1ccc(Br)c(COc2ccccc2C#Cc2ccccc2)c1. The van der Waals surface area contributed by atoms with E-state index in [4.69, 9.17) is 9.47 Å². The summed E-state index contributed by atoms with van der Waals surface area (Å²) in [5, 5.41) is 0. The van der Waals surface area contributed by atoms with Crippen LogP contribution in [0, 0.1) is 11.8 Å².